The van der Waals surface area contributed by atoms with Crippen molar-refractivity contribution in [2.75, 3.05) is 42.9 Å². The Morgan fingerprint density at radius 2 is 1.79 bits per heavy atom. The zero-order chi connectivity index (χ0) is 29.5. The van der Waals surface area contributed by atoms with Gasteiger partial charge in [-0.2, -0.15) is 9.97 Å². The summed E-state index contributed by atoms with van der Waals surface area (Å²) in [5.74, 6) is 1.81. The lowest BCUT2D eigenvalue weighted by Gasteiger charge is -2.35. The average Bonchev–Trinajstić information content (AvgIpc) is 3.44. The van der Waals surface area contributed by atoms with Gasteiger partial charge < -0.3 is 19.7 Å². The summed E-state index contributed by atoms with van der Waals surface area (Å²) < 4.78 is 1.95. The van der Waals surface area contributed by atoms with Crippen LogP contribution in [0.15, 0.2) is 55.1 Å². The topological polar surface area (TPSA) is 135 Å². The second kappa shape index (κ2) is 13.4. The summed E-state index contributed by atoms with van der Waals surface area (Å²) in [6.45, 7) is 8.01. The van der Waals surface area contributed by atoms with Crippen LogP contribution in [0.3, 0.4) is 0 Å². The predicted octanol–water partition coefficient (Wildman–Crippen LogP) is 4.77. The zero-order valence-corrected chi connectivity index (χ0v) is 24.1. The molecule has 0 spiro atoms. The van der Waals surface area contributed by atoms with Crippen LogP contribution in [0.4, 0.5) is 17.5 Å². The molecule has 1 aliphatic rings. The third-order valence-electron chi connectivity index (χ3n) is 7.83. The number of nitrogens with one attached hydrogen (secondary N) is 1. The highest BCUT2D eigenvalue weighted by molar-refractivity contribution is 5.94. The highest BCUT2D eigenvalue weighted by atomic mass is 16.6. The summed E-state index contributed by atoms with van der Waals surface area (Å²) in [7, 11) is 0. The molecule has 1 amide bonds. The second-order valence-corrected chi connectivity index (χ2v) is 10.7. The van der Waals surface area contributed by atoms with E-state index in [4.69, 9.17) is 9.97 Å². The van der Waals surface area contributed by atoms with Crippen LogP contribution in [0, 0.1) is 16.0 Å². The fourth-order valence-electron chi connectivity index (χ4n) is 5.20. The number of fused-ring (bicyclic) bond motifs is 1. The number of rotatable bonds is 12. The Morgan fingerprint density at radius 3 is 2.45 bits per heavy atom. The minimum Gasteiger partial charge on any atom is -0.368 e. The SMILES string of the molecule is CCCCC(CC)CNc1nc(N2CCN(C(=O)c3ccncc3)CC2)nc2c1ncn2Cc1ccc([N+](=O)[O-])cc1. The van der Waals surface area contributed by atoms with Gasteiger partial charge in [0.1, 0.15) is 0 Å². The maximum Gasteiger partial charge on any atom is 0.269 e. The molecule has 42 heavy (non-hydrogen) atoms. The number of benzene rings is 1. The molecule has 5 rings (SSSR count). The predicted molar refractivity (Wildman–Crippen MR) is 162 cm³/mol. The molecule has 12 heteroatoms. The van der Waals surface area contributed by atoms with Gasteiger partial charge in [-0.1, -0.05) is 45.2 Å². The third kappa shape index (κ3) is 6.64. The van der Waals surface area contributed by atoms with Crippen LogP contribution >= 0.6 is 0 Å². The lowest BCUT2D eigenvalue weighted by Crippen LogP contribution is -2.49. The number of nitrogens with zero attached hydrogens (tertiary/aromatic N) is 8. The van der Waals surface area contributed by atoms with Gasteiger partial charge in [-0.25, -0.2) is 4.98 Å². The van der Waals surface area contributed by atoms with Gasteiger partial charge in [0.15, 0.2) is 17.0 Å². The lowest BCUT2D eigenvalue weighted by atomic mass is 9.99. The van der Waals surface area contributed by atoms with Crippen LogP contribution in [0.1, 0.15) is 55.5 Å². The van der Waals surface area contributed by atoms with E-state index in [-0.39, 0.29) is 11.6 Å². The molecule has 1 atom stereocenters. The number of hydrogen-bond donors (Lipinski definition) is 1. The van der Waals surface area contributed by atoms with Gasteiger partial charge in [0.25, 0.3) is 11.6 Å². The number of unbranched alkanes of at least 4 members (excludes halogenated alkanes) is 1. The number of nitro benzene ring substituents is 1. The summed E-state index contributed by atoms with van der Waals surface area (Å²) >= 11 is 0. The number of amides is 1. The molecule has 1 unspecified atom stereocenters. The highest BCUT2D eigenvalue weighted by Gasteiger charge is 2.25. The maximum atomic E-state index is 13.0. The summed E-state index contributed by atoms with van der Waals surface area (Å²) in [4.78, 5) is 46.2. The van der Waals surface area contributed by atoms with E-state index in [0.29, 0.717) is 67.1 Å². The van der Waals surface area contributed by atoms with Gasteiger partial charge in [-0.15, -0.1) is 0 Å². The Hall–Kier alpha value is -4.61. The van der Waals surface area contributed by atoms with E-state index >= 15 is 0 Å². The van der Waals surface area contributed by atoms with Crippen LogP contribution in [-0.4, -0.2) is 73.0 Å². The normalized spacial score (nSPS) is 14.2. The van der Waals surface area contributed by atoms with Crippen LogP contribution in [0.25, 0.3) is 11.2 Å². The Morgan fingerprint density at radius 1 is 1.05 bits per heavy atom. The standard InChI is InChI=1S/C30H37N9O3/c1-3-5-6-22(4-2)19-32-27-26-28(38(21-33-26)20-23-7-9-25(10-8-23)39(41)42)35-30(34-27)37-17-15-36(16-18-37)29(40)24-11-13-31-14-12-24/h7-14,21-22H,3-6,15-20H2,1-2H3,(H,32,34,35). The summed E-state index contributed by atoms with van der Waals surface area (Å²) in [6, 6.07) is 10.00. The molecule has 12 nitrogen and oxygen atoms in total. The van der Waals surface area contributed by atoms with Crippen molar-refractivity contribution in [3.8, 4) is 0 Å². The molecule has 0 saturated carbocycles. The number of carbonyl (C=O) groups excluding carboxylic acids is 1. The van der Waals surface area contributed by atoms with E-state index in [1.807, 2.05) is 9.47 Å². The van der Waals surface area contributed by atoms with Crippen molar-refractivity contribution in [3.05, 3.63) is 76.4 Å². The molecule has 1 fully saturated rings. The van der Waals surface area contributed by atoms with Crippen LogP contribution in [0.2, 0.25) is 0 Å². The number of imidazole rings is 1. The number of nitro groups is 1. The molecule has 1 aromatic carbocycles. The molecular formula is C30H37N9O3. The molecule has 1 saturated heterocycles. The number of carbonyl (C=O) groups is 1. The molecular weight excluding hydrogens is 534 g/mol. The monoisotopic (exact) mass is 571 g/mol. The van der Waals surface area contributed by atoms with Gasteiger partial charge >= 0.3 is 0 Å². The lowest BCUT2D eigenvalue weighted by molar-refractivity contribution is -0.384. The Labute approximate surface area is 245 Å². The first-order valence-corrected chi connectivity index (χ1v) is 14.6. The van der Waals surface area contributed by atoms with Crippen molar-refractivity contribution in [2.24, 2.45) is 5.92 Å². The molecule has 1 aliphatic heterocycles. The highest BCUT2D eigenvalue weighted by Crippen LogP contribution is 2.26. The average molecular weight is 572 g/mol. The minimum atomic E-state index is -0.401. The van der Waals surface area contributed by atoms with Crippen LogP contribution in [0.5, 0.6) is 0 Å². The first-order chi connectivity index (χ1) is 20.5. The second-order valence-electron chi connectivity index (χ2n) is 10.7. The van der Waals surface area contributed by atoms with E-state index in [9.17, 15) is 14.9 Å². The number of hydrogen-bond acceptors (Lipinski definition) is 9. The molecule has 4 aromatic rings. The van der Waals surface area contributed by atoms with E-state index in [2.05, 4.69) is 34.0 Å². The van der Waals surface area contributed by atoms with Crippen molar-refractivity contribution in [3.63, 3.8) is 0 Å². The number of anilines is 2. The molecule has 0 aliphatic carbocycles. The number of piperazine rings is 1. The molecule has 220 valence electrons. The van der Waals surface area contributed by atoms with Gasteiger partial charge in [0, 0.05) is 62.8 Å². The third-order valence-corrected chi connectivity index (χ3v) is 7.83. The van der Waals surface area contributed by atoms with Crippen molar-refractivity contribution in [1.82, 2.24) is 29.4 Å². The zero-order valence-electron chi connectivity index (χ0n) is 24.1. The Balaban J connectivity index is 1.39. The Kier molecular flexibility index (Phi) is 9.20. The van der Waals surface area contributed by atoms with Gasteiger partial charge in [0.2, 0.25) is 5.95 Å². The summed E-state index contributed by atoms with van der Waals surface area (Å²) in [5.41, 5.74) is 2.98. The largest absolute Gasteiger partial charge is 0.368 e. The molecule has 0 radical (unpaired) electrons. The van der Waals surface area contributed by atoms with E-state index < -0.39 is 4.92 Å². The van der Waals surface area contributed by atoms with Gasteiger partial charge in [-0.3, -0.25) is 19.9 Å². The minimum absolute atomic E-state index is 0.00497. The number of pyridine rings is 1. The maximum absolute atomic E-state index is 13.0. The summed E-state index contributed by atoms with van der Waals surface area (Å²) in [5, 5.41) is 14.7. The first kappa shape index (κ1) is 28.9. The fraction of sp³-hybridized carbons (Fsp3) is 0.433. The molecule has 4 heterocycles. The first-order valence-electron chi connectivity index (χ1n) is 14.6. The van der Waals surface area contributed by atoms with Crippen molar-refractivity contribution in [1.29, 1.82) is 0 Å². The quantitative estimate of drug-likeness (QED) is 0.188. The smallest absolute Gasteiger partial charge is 0.269 e. The van der Waals surface area contributed by atoms with E-state index in [1.54, 1.807) is 43.0 Å². The van der Waals surface area contributed by atoms with Crippen molar-refractivity contribution >= 4 is 34.5 Å². The number of non-ortho nitro benzene ring substituents is 1. The Bertz CT molecular complexity index is 1500. The fourth-order valence-corrected chi connectivity index (χ4v) is 5.20. The van der Waals surface area contributed by atoms with Crippen LogP contribution in [-0.2, 0) is 6.54 Å². The van der Waals surface area contributed by atoms with Crippen molar-refractivity contribution < 1.29 is 9.72 Å². The van der Waals surface area contributed by atoms with Crippen LogP contribution < -0.4 is 10.2 Å². The molecule has 3 aromatic heterocycles. The van der Waals surface area contributed by atoms with E-state index in [0.717, 1.165) is 24.9 Å². The van der Waals surface area contributed by atoms with Gasteiger partial charge in [0.05, 0.1) is 17.8 Å². The number of aromatic nitrogens is 5. The van der Waals surface area contributed by atoms with Gasteiger partial charge in [-0.05, 0) is 30.0 Å². The molecule has 0 bridgehead atoms. The van der Waals surface area contributed by atoms with E-state index in [1.165, 1.54) is 25.0 Å². The van der Waals surface area contributed by atoms with Crippen molar-refractivity contribution in [2.45, 2.75) is 46.1 Å². The summed E-state index contributed by atoms with van der Waals surface area (Å²) in [6.07, 6.45) is 9.60. The molecule has 1 N–H and O–H groups in total.